The predicted molar refractivity (Wildman–Crippen MR) is 132 cm³/mol. The molecule has 3 aromatic rings. The number of anilines is 1. The number of nitrogens with one attached hydrogen (secondary N) is 2. The number of ether oxygens (including phenoxy) is 2. The molecule has 12 heteroatoms. The van der Waals surface area contributed by atoms with E-state index in [9.17, 15) is 9.59 Å². The van der Waals surface area contributed by atoms with Gasteiger partial charge in [-0.2, -0.15) is 5.10 Å². The summed E-state index contributed by atoms with van der Waals surface area (Å²) in [5.74, 6) is 0.484. The summed E-state index contributed by atoms with van der Waals surface area (Å²) in [7, 11) is 1.53. The highest BCUT2D eigenvalue weighted by Gasteiger charge is 2.11. The van der Waals surface area contributed by atoms with Crippen LogP contribution in [0.2, 0.25) is 10.0 Å². The van der Waals surface area contributed by atoms with Crippen LogP contribution in [0, 0.1) is 0 Å². The molecule has 0 atom stereocenters. The molecular weight excluding hydrogens is 501 g/mol. The molecule has 0 saturated heterocycles. The van der Waals surface area contributed by atoms with Crippen LogP contribution in [-0.4, -0.2) is 35.3 Å². The number of aromatic nitrogens is 2. The van der Waals surface area contributed by atoms with E-state index in [1.54, 1.807) is 43.3 Å². The van der Waals surface area contributed by atoms with Crippen LogP contribution in [0.25, 0.3) is 0 Å². The van der Waals surface area contributed by atoms with Crippen LogP contribution in [0.5, 0.6) is 11.5 Å². The molecule has 0 radical (unpaired) electrons. The zero-order valence-corrected chi connectivity index (χ0v) is 20.6. The highest BCUT2D eigenvalue weighted by atomic mass is 35.5. The van der Waals surface area contributed by atoms with Crippen molar-refractivity contribution in [2.24, 2.45) is 5.10 Å². The number of carbonyl (C=O) groups is 2. The molecule has 2 aromatic carbocycles. The van der Waals surface area contributed by atoms with E-state index in [0.29, 0.717) is 43.7 Å². The van der Waals surface area contributed by atoms with E-state index < -0.39 is 0 Å². The predicted octanol–water partition coefficient (Wildman–Crippen LogP) is 4.47. The van der Waals surface area contributed by atoms with Crippen LogP contribution in [0.3, 0.4) is 0 Å². The number of methoxy groups -OCH3 is 1. The van der Waals surface area contributed by atoms with Gasteiger partial charge >= 0.3 is 0 Å². The molecule has 0 aliphatic rings. The smallest absolute Gasteiger partial charge is 0.247 e. The van der Waals surface area contributed by atoms with E-state index >= 15 is 0 Å². The van der Waals surface area contributed by atoms with Crippen LogP contribution in [-0.2, 0) is 22.6 Å². The molecule has 178 valence electrons. The summed E-state index contributed by atoms with van der Waals surface area (Å²) in [5, 5.41) is 16.2. The van der Waals surface area contributed by atoms with E-state index in [0.717, 1.165) is 16.9 Å². The topological polar surface area (TPSA) is 115 Å². The van der Waals surface area contributed by atoms with Crippen molar-refractivity contribution in [1.82, 2.24) is 15.6 Å². The van der Waals surface area contributed by atoms with E-state index in [2.05, 4.69) is 26.0 Å². The lowest BCUT2D eigenvalue weighted by atomic mass is 10.2. The molecule has 0 aliphatic heterocycles. The lowest BCUT2D eigenvalue weighted by Crippen LogP contribution is -2.19. The van der Waals surface area contributed by atoms with Gasteiger partial charge in [0.05, 0.1) is 19.7 Å². The first-order chi connectivity index (χ1) is 16.4. The van der Waals surface area contributed by atoms with Gasteiger partial charge in [0, 0.05) is 22.0 Å². The highest BCUT2D eigenvalue weighted by molar-refractivity contribution is 7.15. The van der Waals surface area contributed by atoms with E-state index in [-0.39, 0.29) is 24.8 Å². The van der Waals surface area contributed by atoms with Crippen molar-refractivity contribution in [3.63, 3.8) is 0 Å². The van der Waals surface area contributed by atoms with Gasteiger partial charge < -0.3 is 14.8 Å². The van der Waals surface area contributed by atoms with Crippen LogP contribution in [0.4, 0.5) is 5.13 Å². The van der Waals surface area contributed by atoms with Crippen molar-refractivity contribution in [2.45, 2.75) is 26.4 Å². The summed E-state index contributed by atoms with van der Waals surface area (Å²) in [6.45, 7) is 1.97. The van der Waals surface area contributed by atoms with Gasteiger partial charge in [-0.25, -0.2) is 5.43 Å². The molecule has 34 heavy (non-hydrogen) atoms. The summed E-state index contributed by atoms with van der Waals surface area (Å²) in [4.78, 5) is 23.5. The first kappa shape index (κ1) is 25.4. The molecule has 1 aromatic heterocycles. The van der Waals surface area contributed by atoms with Crippen molar-refractivity contribution >= 4 is 57.7 Å². The fourth-order valence-corrected chi connectivity index (χ4v) is 3.83. The largest absolute Gasteiger partial charge is 0.493 e. The second-order valence-corrected chi connectivity index (χ2v) is 8.71. The average molecular weight is 522 g/mol. The number of hydrogen-bond donors (Lipinski definition) is 2. The number of halogens is 2. The van der Waals surface area contributed by atoms with Gasteiger partial charge in [0.1, 0.15) is 11.6 Å². The third-order valence-electron chi connectivity index (χ3n) is 4.33. The summed E-state index contributed by atoms with van der Waals surface area (Å²) >= 11 is 13.2. The van der Waals surface area contributed by atoms with Crippen molar-refractivity contribution in [3.05, 3.63) is 62.6 Å². The minimum atomic E-state index is -0.368. The minimum Gasteiger partial charge on any atom is -0.493 e. The number of carbonyl (C=O) groups excluding carboxylic acids is 2. The average Bonchev–Trinajstić information content (AvgIpc) is 3.25. The second-order valence-electron chi connectivity index (χ2n) is 6.81. The molecule has 1 heterocycles. The SMILES string of the molecule is CCC(=O)Nc1nnc(CC(=O)N/N=C\c2ccc(OCc3ccc(Cl)cc3Cl)c(OC)c2)s1. The van der Waals surface area contributed by atoms with E-state index in [4.69, 9.17) is 32.7 Å². The maximum atomic E-state index is 12.1. The van der Waals surface area contributed by atoms with Crippen molar-refractivity contribution < 1.29 is 19.1 Å². The number of nitrogens with zero attached hydrogens (tertiary/aromatic N) is 3. The lowest BCUT2D eigenvalue weighted by molar-refractivity contribution is -0.120. The van der Waals surface area contributed by atoms with Crippen molar-refractivity contribution in [1.29, 1.82) is 0 Å². The molecule has 3 rings (SSSR count). The maximum Gasteiger partial charge on any atom is 0.247 e. The molecular formula is C22H21Cl2N5O4S. The Morgan fingerprint density at radius 3 is 2.68 bits per heavy atom. The number of benzene rings is 2. The van der Waals surface area contributed by atoms with Crippen LogP contribution in [0.1, 0.15) is 29.5 Å². The molecule has 0 bridgehead atoms. The third-order valence-corrected chi connectivity index (χ3v) is 5.76. The van der Waals surface area contributed by atoms with Gasteiger partial charge in [0.25, 0.3) is 0 Å². The Balaban J connectivity index is 1.54. The summed E-state index contributed by atoms with van der Waals surface area (Å²) in [6.07, 6.45) is 1.80. The molecule has 2 amide bonds. The molecule has 0 fully saturated rings. The Hall–Kier alpha value is -3.21. The first-order valence-corrected chi connectivity index (χ1v) is 11.6. The molecule has 0 saturated carbocycles. The summed E-state index contributed by atoms with van der Waals surface area (Å²) in [5.41, 5.74) is 3.91. The fourth-order valence-electron chi connectivity index (χ4n) is 2.62. The highest BCUT2D eigenvalue weighted by Crippen LogP contribution is 2.29. The Bertz CT molecular complexity index is 1200. The lowest BCUT2D eigenvalue weighted by Gasteiger charge is -2.12. The Kier molecular flexibility index (Phi) is 9.20. The van der Waals surface area contributed by atoms with Crippen molar-refractivity contribution in [3.8, 4) is 11.5 Å². The minimum absolute atomic E-state index is 0.0135. The van der Waals surface area contributed by atoms with E-state index in [1.807, 2.05) is 0 Å². The van der Waals surface area contributed by atoms with Gasteiger partial charge in [-0.3, -0.25) is 9.59 Å². The Labute approximate surface area is 210 Å². The van der Waals surface area contributed by atoms with Crippen LogP contribution < -0.4 is 20.2 Å². The molecule has 0 aliphatic carbocycles. The van der Waals surface area contributed by atoms with E-state index in [1.165, 1.54) is 13.3 Å². The third kappa shape index (κ3) is 7.41. The first-order valence-electron chi connectivity index (χ1n) is 10.1. The zero-order valence-electron chi connectivity index (χ0n) is 18.3. The number of rotatable bonds is 10. The molecule has 9 nitrogen and oxygen atoms in total. The van der Waals surface area contributed by atoms with Gasteiger partial charge in [-0.1, -0.05) is 47.5 Å². The molecule has 0 unspecified atom stereocenters. The zero-order chi connectivity index (χ0) is 24.5. The maximum absolute atomic E-state index is 12.1. The monoisotopic (exact) mass is 521 g/mol. The normalized spacial score (nSPS) is 10.8. The van der Waals surface area contributed by atoms with Crippen LogP contribution in [0.15, 0.2) is 41.5 Å². The van der Waals surface area contributed by atoms with Crippen molar-refractivity contribution in [2.75, 3.05) is 12.4 Å². The fraction of sp³-hybridized carbons (Fsp3) is 0.227. The Morgan fingerprint density at radius 2 is 1.94 bits per heavy atom. The quantitative estimate of drug-likeness (QED) is 0.300. The number of hydrogen-bond acceptors (Lipinski definition) is 8. The van der Waals surface area contributed by atoms with Crippen LogP contribution >= 0.6 is 34.5 Å². The molecule has 0 spiro atoms. The number of hydrazone groups is 1. The van der Waals surface area contributed by atoms with Gasteiger partial charge in [0.15, 0.2) is 11.5 Å². The number of amides is 2. The summed E-state index contributed by atoms with van der Waals surface area (Å²) in [6, 6.07) is 10.4. The standard InChI is InChI=1S/C22H21Cl2N5O4S/c1-3-19(30)26-22-29-28-21(34-22)10-20(31)27-25-11-13-4-7-17(18(8-13)32-2)33-12-14-5-6-15(23)9-16(14)24/h4-9,11H,3,10,12H2,1-2H3,(H,27,31)(H,26,29,30)/b25-11-. The van der Waals surface area contributed by atoms with Gasteiger partial charge in [-0.05, 0) is 35.9 Å². The van der Waals surface area contributed by atoms with Gasteiger partial charge in [0.2, 0.25) is 16.9 Å². The second kappa shape index (κ2) is 12.3. The Morgan fingerprint density at radius 1 is 1.12 bits per heavy atom. The summed E-state index contributed by atoms with van der Waals surface area (Å²) < 4.78 is 11.2. The molecule has 2 N–H and O–H groups in total. The van der Waals surface area contributed by atoms with Gasteiger partial charge in [-0.15, -0.1) is 10.2 Å².